The zero-order chi connectivity index (χ0) is 21.3. The van der Waals surface area contributed by atoms with Gasteiger partial charge in [-0.05, 0) is 42.5 Å². The molecule has 0 saturated carbocycles. The quantitative estimate of drug-likeness (QED) is 0.512. The lowest BCUT2D eigenvalue weighted by Crippen LogP contribution is -2.53. The lowest BCUT2D eigenvalue weighted by Gasteiger charge is -2.38. The summed E-state index contributed by atoms with van der Waals surface area (Å²) >= 11 is 1.38. The number of aromatic nitrogens is 1. The summed E-state index contributed by atoms with van der Waals surface area (Å²) in [6, 6.07) is 10.5. The summed E-state index contributed by atoms with van der Waals surface area (Å²) in [6.07, 6.45) is -0.532. The molecule has 0 radical (unpaired) electrons. The molecule has 10 heteroatoms. The van der Waals surface area contributed by atoms with E-state index in [4.69, 9.17) is 9.47 Å². The minimum Gasteiger partial charge on any atom is -0.497 e. The molecule has 1 fully saturated rings. The Morgan fingerprint density at radius 2 is 1.97 bits per heavy atom. The number of halogens is 1. The second-order valence-electron chi connectivity index (χ2n) is 6.87. The van der Waals surface area contributed by atoms with Gasteiger partial charge in [-0.15, -0.1) is 0 Å². The molecule has 2 heterocycles. The van der Waals surface area contributed by atoms with Gasteiger partial charge in [-0.1, -0.05) is 11.3 Å². The van der Waals surface area contributed by atoms with Gasteiger partial charge in [-0.2, -0.15) is 0 Å². The van der Waals surface area contributed by atoms with Crippen molar-refractivity contribution in [1.29, 1.82) is 0 Å². The van der Waals surface area contributed by atoms with Gasteiger partial charge in [0.05, 0.1) is 47.5 Å². The van der Waals surface area contributed by atoms with Crippen molar-refractivity contribution in [2.75, 3.05) is 30.9 Å². The van der Waals surface area contributed by atoms with Crippen molar-refractivity contribution < 1.29 is 27.1 Å². The van der Waals surface area contributed by atoms with Crippen molar-refractivity contribution in [1.82, 2.24) is 4.98 Å². The van der Waals surface area contributed by atoms with Gasteiger partial charge < -0.3 is 14.4 Å². The van der Waals surface area contributed by atoms with Crippen molar-refractivity contribution in [3.63, 3.8) is 0 Å². The monoisotopic (exact) mass is 450 g/mol. The Bertz CT molecular complexity index is 1170. The molecule has 0 spiro atoms. The number of nitrogens with zero attached hydrogens (tertiary/aromatic N) is 2. The summed E-state index contributed by atoms with van der Waals surface area (Å²) < 4.78 is 49.2. The number of thiazole rings is 1. The molecule has 7 nitrogen and oxygen atoms in total. The van der Waals surface area contributed by atoms with Gasteiger partial charge in [0.2, 0.25) is 0 Å². The maximum Gasteiger partial charge on any atom is 0.307 e. The molecule has 0 bridgehead atoms. The van der Waals surface area contributed by atoms with E-state index >= 15 is 0 Å². The number of carbonyl (C=O) groups excluding carboxylic acids is 1. The molecule has 0 aliphatic carbocycles. The van der Waals surface area contributed by atoms with Gasteiger partial charge in [-0.3, -0.25) is 4.79 Å². The first-order chi connectivity index (χ1) is 14.3. The lowest BCUT2D eigenvalue weighted by molar-refractivity contribution is -0.149. The molecule has 4 rings (SSSR count). The van der Waals surface area contributed by atoms with Crippen molar-refractivity contribution in [2.24, 2.45) is 0 Å². The van der Waals surface area contributed by atoms with Gasteiger partial charge in [0.15, 0.2) is 15.0 Å². The highest BCUT2D eigenvalue weighted by molar-refractivity contribution is 7.91. The molecule has 0 N–H and O–H groups in total. The smallest absolute Gasteiger partial charge is 0.307 e. The number of benzene rings is 2. The normalized spacial score (nSPS) is 14.5. The summed E-state index contributed by atoms with van der Waals surface area (Å²) in [5.41, 5.74) is 0.723. The van der Waals surface area contributed by atoms with Crippen LogP contribution in [-0.2, 0) is 19.4 Å². The van der Waals surface area contributed by atoms with Gasteiger partial charge in [0.1, 0.15) is 17.7 Å². The zero-order valence-corrected chi connectivity index (χ0v) is 17.7. The van der Waals surface area contributed by atoms with Crippen LogP contribution in [0.5, 0.6) is 5.75 Å². The maximum absolute atomic E-state index is 13.3. The number of esters is 1. The molecule has 0 amide bonds. The third-order valence-corrected chi connectivity index (χ3v) is 7.56. The number of carbonyl (C=O) groups is 1. The Labute approximate surface area is 177 Å². The topological polar surface area (TPSA) is 85.8 Å². The van der Waals surface area contributed by atoms with E-state index < -0.39 is 15.8 Å². The van der Waals surface area contributed by atoms with E-state index in [2.05, 4.69) is 4.98 Å². The Kier molecular flexibility index (Phi) is 5.61. The average molecular weight is 451 g/mol. The van der Waals surface area contributed by atoms with E-state index in [9.17, 15) is 17.6 Å². The lowest BCUT2D eigenvalue weighted by atomic mass is 10.2. The van der Waals surface area contributed by atoms with E-state index in [-0.39, 0.29) is 29.0 Å². The second kappa shape index (κ2) is 8.19. The molecular formula is C20H19FN2O5S2. The van der Waals surface area contributed by atoms with E-state index in [1.165, 1.54) is 42.7 Å². The summed E-state index contributed by atoms with van der Waals surface area (Å²) in [6.45, 7) is 0.943. The molecule has 3 aromatic rings. The average Bonchev–Trinajstić information content (AvgIpc) is 3.11. The number of methoxy groups -OCH3 is 1. The van der Waals surface area contributed by atoms with Crippen molar-refractivity contribution in [2.45, 2.75) is 17.4 Å². The Balaban J connectivity index is 1.27. The number of sulfone groups is 1. The Morgan fingerprint density at radius 3 is 2.67 bits per heavy atom. The molecule has 158 valence electrons. The zero-order valence-electron chi connectivity index (χ0n) is 16.1. The summed E-state index contributed by atoms with van der Waals surface area (Å²) in [5.74, 6) is -0.625. The van der Waals surface area contributed by atoms with Gasteiger partial charge in [0, 0.05) is 0 Å². The van der Waals surface area contributed by atoms with Crippen LogP contribution in [0.1, 0.15) is 6.42 Å². The molecule has 1 saturated heterocycles. The van der Waals surface area contributed by atoms with Crippen LogP contribution in [0, 0.1) is 5.82 Å². The largest absolute Gasteiger partial charge is 0.497 e. The molecule has 0 unspecified atom stereocenters. The molecule has 1 aromatic heterocycles. The van der Waals surface area contributed by atoms with Crippen LogP contribution in [0.25, 0.3) is 10.2 Å². The summed E-state index contributed by atoms with van der Waals surface area (Å²) in [5, 5.41) is 0.741. The Hall–Kier alpha value is -2.72. The minimum atomic E-state index is -3.58. The van der Waals surface area contributed by atoms with Crippen LogP contribution in [0.2, 0.25) is 0 Å². The van der Waals surface area contributed by atoms with Gasteiger partial charge >= 0.3 is 5.97 Å². The fourth-order valence-electron chi connectivity index (χ4n) is 3.05. The molecule has 30 heavy (non-hydrogen) atoms. The fourth-order valence-corrected chi connectivity index (χ4v) is 5.28. The number of fused-ring (bicyclic) bond motifs is 1. The van der Waals surface area contributed by atoms with Crippen LogP contribution < -0.4 is 9.64 Å². The molecule has 2 aromatic carbocycles. The van der Waals surface area contributed by atoms with E-state index in [0.29, 0.717) is 18.8 Å². The first-order valence-electron chi connectivity index (χ1n) is 9.21. The molecular weight excluding hydrogens is 431 g/mol. The number of hydrogen-bond donors (Lipinski definition) is 0. The standard InChI is InChI=1S/C20H19FN2O5S2/c1-27-14-3-5-16(6-4-14)30(25,26)9-8-19(24)28-15-11-23(12-15)20-22-17-7-2-13(21)10-18(17)29-20/h2-7,10,15H,8-9,11-12H2,1H3. The first-order valence-corrected chi connectivity index (χ1v) is 11.7. The maximum atomic E-state index is 13.3. The number of hydrogen-bond acceptors (Lipinski definition) is 8. The predicted octanol–water partition coefficient (Wildman–Crippen LogP) is 3.04. The number of ether oxygens (including phenoxy) is 2. The summed E-state index contributed by atoms with van der Waals surface area (Å²) in [4.78, 5) is 18.6. The fraction of sp³-hybridized carbons (Fsp3) is 0.300. The van der Waals surface area contributed by atoms with Crippen LogP contribution in [0.4, 0.5) is 9.52 Å². The van der Waals surface area contributed by atoms with E-state index in [0.717, 1.165) is 15.3 Å². The van der Waals surface area contributed by atoms with E-state index in [1.807, 2.05) is 4.90 Å². The second-order valence-corrected chi connectivity index (χ2v) is 9.99. The van der Waals surface area contributed by atoms with Crippen LogP contribution in [-0.4, -0.2) is 51.4 Å². The third kappa shape index (κ3) is 4.39. The highest BCUT2D eigenvalue weighted by Gasteiger charge is 2.32. The number of anilines is 1. The van der Waals surface area contributed by atoms with Gasteiger partial charge in [-0.25, -0.2) is 17.8 Å². The van der Waals surface area contributed by atoms with Crippen molar-refractivity contribution >= 4 is 42.5 Å². The van der Waals surface area contributed by atoms with Crippen LogP contribution in [0.15, 0.2) is 47.4 Å². The SMILES string of the molecule is COc1ccc(S(=O)(=O)CCC(=O)OC2CN(c3nc4ccc(F)cc4s3)C2)cc1. The molecule has 0 atom stereocenters. The highest BCUT2D eigenvalue weighted by atomic mass is 32.2. The van der Waals surface area contributed by atoms with Crippen molar-refractivity contribution in [3.05, 3.63) is 48.3 Å². The Morgan fingerprint density at radius 1 is 1.23 bits per heavy atom. The summed E-state index contributed by atoms with van der Waals surface area (Å²) in [7, 11) is -2.08. The minimum absolute atomic E-state index is 0.137. The molecule has 1 aliphatic rings. The van der Waals surface area contributed by atoms with E-state index in [1.54, 1.807) is 18.2 Å². The highest BCUT2D eigenvalue weighted by Crippen LogP contribution is 2.32. The number of rotatable bonds is 7. The van der Waals surface area contributed by atoms with Crippen LogP contribution in [0.3, 0.4) is 0 Å². The molecule has 1 aliphatic heterocycles. The van der Waals surface area contributed by atoms with Crippen LogP contribution >= 0.6 is 11.3 Å². The van der Waals surface area contributed by atoms with Gasteiger partial charge in [0.25, 0.3) is 0 Å². The first kappa shape index (κ1) is 20.5. The predicted molar refractivity (Wildman–Crippen MR) is 111 cm³/mol. The third-order valence-electron chi connectivity index (χ3n) is 4.75. The van der Waals surface area contributed by atoms with Crippen molar-refractivity contribution in [3.8, 4) is 5.75 Å².